The van der Waals surface area contributed by atoms with Gasteiger partial charge in [-0.1, -0.05) is 17.9 Å². The summed E-state index contributed by atoms with van der Waals surface area (Å²) in [6, 6.07) is 7.43. The standard InChI is InChI=1S/C16H16N2O2S/c1-12-10-15(21-14(12)7-3-5-9-19)16(20)18-11-13-6-2-4-8-17-13/h2,4,6,8,10,19H,5,9,11H2,1H3,(H,18,20). The number of aliphatic hydroxyl groups excluding tert-OH is 1. The van der Waals surface area contributed by atoms with E-state index in [-0.39, 0.29) is 12.5 Å². The zero-order valence-electron chi connectivity index (χ0n) is 11.7. The summed E-state index contributed by atoms with van der Waals surface area (Å²) in [5, 5.41) is 11.6. The molecule has 0 unspecified atom stereocenters. The average Bonchev–Trinajstić information content (AvgIpc) is 2.87. The van der Waals surface area contributed by atoms with Gasteiger partial charge in [0.2, 0.25) is 0 Å². The Hall–Kier alpha value is -2.16. The van der Waals surface area contributed by atoms with Crippen molar-refractivity contribution in [2.75, 3.05) is 6.61 Å². The van der Waals surface area contributed by atoms with Gasteiger partial charge in [0, 0.05) is 12.6 Å². The van der Waals surface area contributed by atoms with Gasteiger partial charge in [-0.25, -0.2) is 0 Å². The number of aliphatic hydroxyl groups is 1. The van der Waals surface area contributed by atoms with E-state index in [1.165, 1.54) is 11.3 Å². The summed E-state index contributed by atoms with van der Waals surface area (Å²) in [6.45, 7) is 2.38. The lowest BCUT2D eigenvalue weighted by molar-refractivity contribution is 0.0954. The van der Waals surface area contributed by atoms with Crippen LogP contribution in [-0.2, 0) is 6.54 Å². The largest absolute Gasteiger partial charge is 0.395 e. The van der Waals surface area contributed by atoms with Gasteiger partial charge in [-0.15, -0.1) is 11.3 Å². The van der Waals surface area contributed by atoms with Crippen LogP contribution >= 0.6 is 11.3 Å². The number of nitrogens with zero attached hydrogens (tertiary/aromatic N) is 1. The Kier molecular flexibility index (Phi) is 5.50. The van der Waals surface area contributed by atoms with E-state index >= 15 is 0 Å². The highest BCUT2D eigenvalue weighted by Gasteiger charge is 2.11. The molecule has 0 atom stereocenters. The zero-order valence-corrected chi connectivity index (χ0v) is 12.5. The SMILES string of the molecule is Cc1cc(C(=O)NCc2ccccn2)sc1C#CCCO. The summed E-state index contributed by atoms with van der Waals surface area (Å²) in [6.07, 6.45) is 2.14. The first kappa shape index (κ1) is 15.2. The van der Waals surface area contributed by atoms with Crippen LogP contribution in [0.1, 0.15) is 32.2 Å². The van der Waals surface area contributed by atoms with Crippen LogP contribution in [0.5, 0.6) is 0 Å². The summed E-state index contributed by atoms with van der Waals surface area (Å²) >= 11 is 1.37. The minimum atomic E-state index is -0.121. The lowest BCUT2D eigenvalue weighted by atomic mass is 10.2. The van der Waals surface area contributed by atoms with Crippen molar-refractivity contribution in [2.45, 2.75) is 19.9 Å². The summed E-state index contributed by atoms with van der Waals surface area (Å²) in [4.78, 5) is 17.8. The first-order valence-corrected chi connectivity index (χ1v) is 7.40. The van der Waals surface area contributed by atoms with Gasteiger partial charge in [-0.05, 0) is 30.7 Å². The lowest BCUT2D eigenvalue weighted by Crippen LogP contribution is -2.22. The molecule has 0 fully saturated rings. The van der Waals surface area contributed by atoms with Gasteiger partial charge in [0.05, 0.1) is 28.6 Å². The highest BCUT2D eigenvalue weighted by atomic mass is 32.1. The third-order valence-corrected chi connectivity index (χ3v) is 3.89. The van der Waals surface area contributed by atoms with Crippen molar-refractivity contribution in [2.24, 2.45) is 0 Å². The number of nitrogens with one attached hydrogen (secondary N) is 1. The summed E-state index contributed by atoms with van der Waals surface area (Å²) in [7, 11) is 0. The van der Waals surface area contributed by atoms with Gasteiger partial charge in [-0.3, -0.25) is 9.78 Å². The van der Waals surface area contributed by atoms with E-state index in [4.69, 9.17) is 5.11 Å². The molecule has 0 saturated heterocycles. The van der Waals surface area contributed by atoms with Crippen molar-refractivity contribution in [3.8, 4) is 11.8 Å². The van der Waals surface area contributed by atoms with Crippen LogP contribution in [0.2, 0.25) is 0 Å². The number of amides is 1. The van der Waals surface area contributed by atoms with Crippen LogP contribution in [-0.4, -0.2) is 22.6 Å². The predicted molar refractivity (Wildman–Crippen MR) is 83.0 cm³/mol. The third kappa shape index (κ3) is 4.42. The minimum absolute atomic E-state index is 0.0504. The highest BCUT2D eigenvalue weighted by Crippen LogP contribution is 2.20. The molecule has 0 aliphatic rings. The number of carbonyl (C=O) groups is 1. The quantitative estimate of drug-likeness (QED) is 0.850. The predicted octanol–water partition coefficient (Wildman–Crippen LogP) is 2.12. The van der Waals surface area contributed by atoms with Crippen molar-refractivity contribution in [3.63, 3.8) is 0 Å². The second kappa shape index (κ2) is 7.58. The second-order valence-corrected chi connectivity index (χ2v) is 5.45. The maximum atomic E-state index is 12.1. The number of aromatic nitrogens is 1. The molecule has 1 amide bonds. The van der Waals surface area contributed by atoms with Gasteiger partial charge in [0.15, 0.2) is 0 Å². The average molecular weight is 300 g/mol. The van der Waals surface area contributed by atoms with Crippen LogP contribution < -0.4 is 5.32 Å². The number of hydrogen-bond donors (Lipinski definition) is 2. The monoisotopic (exact) mass is 300 g/mol. The molecule has 0 spiro atoms. The summed E-state index contributed by atoms with van der Waals surface area (Å²) in [5.41, 5.74) is 1.80. The molecule has 2 rings (SSSR count). The van der Waals surface area contributed by atoms with E-state index in [0.717, 1.165) is 16.1 Å². The fraction of sp³-hybridized carbons (Fsp3) is 0.250. The molecule has 108 valence electrons. The van der Waals surface area contributed by atoms with Crippen molar-refractivity contribution < 1.29 is 9.90 Å². The Morgan fingerprint density at radius 3 is 3.05 bits per heavy atom. The lowest BCUT2D eigenvalue weighted by Gasteiger charge is -2.02. The molecule has 5 heteroatoms. The van der Waals surface area contributed by atoms with Crippen molar-refractivity contribution in [1.82, 2.24) is 10.3 Å². The highest BCUT2D eigenvalue weighted by molar-refractivity contribution is 7.14. The van der Waals surface area contributed by atoms with E-state index in [9.17, 15) is 4.79 Å². The molecular weight excluding hydrogens is 284 g/mol. The van der Waals surface area contributed by atoms with E-state index in [1.54, 1.807) is 6.20 Å². The topological polar surface area (TPSA) is 62.2 Å². The number of hydrogen-bond acceptors (Lipinski definition) is 4. The maximum Gasteiger partial charge on any atom is 0.261 e. The van der Waals surface area contributed by atoms with Crippen LogP contribution in [0.25, 0.3) is 0 Å². The molecule has 2 aromatic heterocycles. The molecule has 0 bridgehead atoms. The number of thiophene rings is 1. The molecule has 2 aromatic rings. The summed E-state index contributed by atoms with van der Waals surface area (Å²) in [5.74, 6) is 5.73. The van der Waals surface area contributed by atoms with Crippen LogP contribution in [0.15, 0.2) is 30.5 Å². The molecule has 21 heavy (non-hydrogen) atoms. The zero-order chi connectivity index (χ0) is 15.1. The first-order valence-electron chi connectivity index (χ1n) is 6.59. The molecule has 2 N–H and O–H groups in total. The first-order chi connectivity index (χ1) is 10.2. The van der Waals surface area contributed by atoms with Crippen LogP contribution in [0.4, 0.5) is 0 Å². The van der Waals surface area contributed by atoms with Gasteiger partial charge < -0.3 is 10.4 Å². The molecule has 0 radical (unpaired) electrons. The van der Waals surface area contributed by atoms with E-state index < -0.39 is 0 Å². The fourth-order valence-electron chi connectivity index (χ4n) is 1.68. The Morgan fingerprint density at radius 1 is 1.48 bits per heavy atom. The van der Waals surface area contributed by atoms with E-state index in [1.807, 2.05) is 31.2 Å². The third-order valence-electron chi connectivity index (χ3n) is 2.74. The molecule has 0 saturated carbocycles. The van der Waals surface area contributed by atoms with Gasteiger partial charge in [0.25, 0.3) is 5.91 Å². The van der Waals surface area contributed by atoms with Gasteiger partial charge in [-0.2, -0.15) is 0 Å². The normalized spacial score (nSPS) is 9.81. The van der Waals surface area contributed by atoms with E-state index in [0.29, 0.717) is 17.8 Å². The number of pyridine rings is 1. The van der Waals surface area contributed by atoms with Gasteiger partial charge >= 0.3 is 0 Å². The molecule has 2 heterocycles. The fourth-order valence-corrected chi connectivity index (χ4v) is 2.64. The van der Waals surface area contributed by atoms with Crippen LogP contribution in [0.3, 0.4) is 0 Å². The second-order valence-electron chi connectivity index (χ2n) is 4.40. The summed E-state index contributed by atoms with van der Waals surface area (Å²) < 4.78 is 0. The maximum absolute atomic E-state index is 12.1. The Balaban J connectivity index is 2.00. The van der Waals surface area contributed by atoms with Gasteiger partial charge in [0.1, 0.15) is 0 Å². The molecule has 0 aromatic carbocycles. The number of aryl methyl sites for hydroxylation is 1. The number of carbonyl (C=O) groups excluding carboxylic acids is 1. The molecule has 0 aliphatic heterocycles. The van der Waals surface area contributed by atoms with Crippen molar-refractivity contribution >= 4 is 17.2 Å². The minimum Gasteiger partial charge on any atom is -0.395 e. The smallest absolute Gasteiger partial charge is 0.261 e. The number of rotatable bonds is 4. The molecular formula is C16H16N2O2S. The Bertz CT molecular complexity index is 669. The molecule has 4 nitrogen and oxygen atoms in total. The van der Waals surface area contributed by atoms with E-state index in [2.05, 4.69) is 22.1 Å². The Morgan fingerprint density at radius 2 is 2.33 bits per heavy atom. The Labute approximate surface area is 127 Å². The van der Waals surface area contributed by atoms with Crippen molar-refractivity contribution in [1.29, 1.82) is 0 Å². The molecule has 0 aliphatic carbocycles. The van der Waals surface area contributed by atoms with Crippen LogP contribution in [0, 0.1) is 18.8 Å². The van der Waals surface area contributed by atoms with Crippen molar-refractivity contribution in [3.05, 3.63) is 51.5 Å².